The third-order valence-corrected chi connectivity index (χ3v) is 5.81. The average Bonchev–Trinajstić information content (AvgIpc) is 2.84. The molecule has 8 heteroatoms. The van der Waals surface area contributed by atoms with Crippen LogP contribution < -0.4 is 10.6 Å². The van der Waals surface area contributed by atoms with Gasteiger partial charge in [0.1, 0.15) is 11.6 Å². The van der Waals surface area contributed by atoms with E-state index in [1.54, 1.807) is 20.8 Å². The van der Waals surface area contributed by atoms with Crippen molar-refractivity contribution in [2.24, 2.45) is 11.3 Å². The summed E-state index contributed by atoms with van der Waals surface area (Å²) in [6, 6.07) is 13.3. The van der Waals surface area contributed by atoms with Gasteiger partial charge < -0.3 is 25.2 Å². The van der Waals surface area contributed by atoms with Gasteiger partial charge in [0.2, 0.25) is 11.8 Å². The first-order chi connectivity index (χ1) is 18.6. The Morgan fingerprint density at radius 3 is 2.05 bits per heavy atom. The second-order valence-corrected chi connectivity index (χ2v) is 12.2. The molecular weight excluding hydrogens is 508 g/mol. The third-order valence-electron chi connectivity index (χ3n) is 5.81. The fourth-order valence-electron chi connectivity index (χ4n) is 3.99. The predicted molar refractivity (Wildman–Crippen MR) is 160 cm³/mol. The smallest absolute Gasteiger partial charge is 0.307 e. The summed E-state index contributed by atoms with van der Waals surface area (Å²) in [5, 5.41) is 16.1. The van der Waals surface area contributed by atoms with E-state index in [1.165, 1.54) is 0 Å². The van der Waals surface area contributed by atoms with Crippen LogP contribution in [-0.2, 0) is 30.3 Å². The van der Waals surface area contributed by atoms with Gasteiger partial charge >= 0.3 is 5.97 Å². The fourth-order valence-corrected chi connectivity index (χ4v) is 3.99. The van der Waals surface area contributed by atoms with Gasteiger partial charge in [-0.2, -0.15) is 0 Å². The molecule has 224 valence electrons. The number of nitrogens with one attached hydrogen (secondary N) is 2. The van der Waals surface area contributed by atoms with Gasteiger partial charge in [0.25, 0.3) is 0 Å². The molecule has 0 spiro atoms. The summed E-state index contributed by atoms with van der Waals surface area (Å²) in [6.07, 6.45) is 0.539. The summed E-state index contributed by atoms with van der Waals surface area (Å²) in [5.74, 6) is -1.67. The lowest BCUT2D eigenvalue weighted by Gasteiger charge is -2.31. The Labute approximate surface area is 240 Å². The number of aliphatic hydroxyl groups excluding tert-OH is 1. The van der Waals surface area contributed by atoms with Crippen molar-refractivity contribution in [3.05, 3.63) is 48.0 Å². The largest absolute Gasteiger partial charge is 0.460 e. The molecule has 2 amide bonds. The van der Waals surface area contributed by atoms with E-state index in [0.29, 0.717) is 19.6 Å². The van der Waals surface area contributed by atoms with E-state index in [-0.39, 0.29) is 30.9 Å². The maximum atomic E-state index is 13.4. The molecule has 40 heavy (non-hydrogen) atoms. The van der Waals surface area contributed by atoms with Crippen LogP contribution in [0.1, 0.15) is 74.3 Å². The second kappa shape index (κ2) is 16.3. The van der Waals surface area contributed by atoms with Crippen LogP contribution >= 0.6 is 0 Å². The van der Waals surface area contributed by atoms with Crippen molar-refractivity contribution in [3.63, 3.8) is 0 Å². The van der Waals surface area contributed by atoms with Crippen molar-refractivity contribution in [1.29, 1.82) is 0 Å². The van der Waals surface area contributed by atoms with Crippen molar-refractivity contribution >= 4 is 28.6 Å². The van der Waals surface area contributed by atoms with Gasteiger partial charge in [-0.05, 0) is 69.7 Å². The Kier molecular flexibility index (Phi) is 14.3. The number of likely N-dealkylation sites (N-methyl/N-ethyl adjacent to an activating group) is 1. The van der Waals surface area contributed by atoms with Crippen molar-refractivity contribution in [3.8, 4) is 0 Å². The topological polar surface area (TPSA) is 114 Å². The first-order valence-corrected chi connectivity index (χ1v) is 14.1. The zero-order valence-corrected chi connectivity index (χ0v) is 25.8. The quantitative estimate of drug-likeness (QED) is 0.342. The standard InChI is InChI=1S/C27H38N2O4.C5H12O2/c1-8-28-25(32)23(26(2,3)4)29-24(31)21(17-22(30)33-27(5,6)7)16-18-13-14-19-11-9-10-12-20(19)15-18;1-5(2)7-4-3-6/h9-15,21,23H,8,16-17H2,1-7H3,(H,28,32)(H,29,31);5-6H,3-4H2,1-2H3/t21?,23-;/m1./s1. The molecule has 0 aromatic heterocycles. The fraction of sp³-hybridized carbons (Fsp3) is 0.594. The number of carbonyl (C=O) groups excluding carboxylic acids is 3. The Morgan fingerprint density at radius 2 is 1.55 bits per heavy atom. The van der Waals surface area contributed by atoms with Crippen molar-refractivity contribution in [2.75, 3.05) is 19.8 Å². The van der Waals surface area contributed by atoms with E-state index >= 15 is 0 Å². The lowest BCUT2D eigenvalue weighted by atomic mass is 9.85. The second-order valence-electron chi connectivity index (χ2n) is 12.2. The molecule has 2 aromatic carbocycles. The average molecular weight is 559 g/mol. The molecule has 0 aliphatic rings. The number of benzene rings is 2. The Morgan fingerprint density at radius 1 is 0.925 bits per heavy atom. The van der Waals surface area contributed by atoms with Crippen LogP contribution in [-0.4, -0.2) is 60.4 Å². The monoisotopic (exact) mass is 558 g/mol. The minimum atomic E-state index is -0.720. The molecule has 3 N–H and O–H groups in total. The lowest BCUT2D eigenvalue weighted by Crippen LogP contribution is -2.55. The third kappa shape index (κ3) is 13.4. The van der Waals surface area contributed by atoms with Gasteiger partial charge in [0.15, 0.2) is 0 Å². The summed E-state index contributed by atoms with van der Waals surface area (Å²) >= 11 is 0. The summed E-state index contributed by atoms with van der Waals surface area (Å²) in [5.41, 5.74) is -0.188. The molecule has 0 saturated heterocycles. The van der Waals surface area contributed by atoms with E-state index in [9.17, 15) is 14.4 Å². The highest BCUT2D eigenvalue weighted by Gasteiger charge is 2.35. The van der Waals surface area contributed by atoms with Crippen LogP contribution in [0.5, 0.6) is 0 Å². The zero-order chi connectivity index (χ0) is 30.5. The SMILES string of the molecule is CC(C)OCCO.CCNC(=O)[C@@H](NC(=O)C(CC(=O)OC(C)(C)C)Cc1ccc2ccccc2c1)C(C)(C)C. The number of aliphatic hydroxyl groups is 1. The summed E-state index contributed by atoms with van der Waals surface area (Å²) in [4.78, 5) is 38.6. The predicted octanol–water partition coefficient (Wildman–Crippen LogP) is 4.80. The van der Waals surface area contributed by atoms with Crippen LogP contribution in [0.2, 0.25) is 0 Å². The number of fused-ring (bicyclic) bond motifs is 1. The lowest BCUT2D eigenvalue weighted by molar-refractivity contribution is -0.157. The highest BCUT2D eigenvalue weighted by atomic mass is 16.6. The minimum absolute atomic E-state index is 0.0673. The van der Waals surface area contributed by atoms with Crippen LogP contribution in [0.15, 0.2) is 42.5 Å². The molecule has 0 aliphatic carbocycles. The molecule has 0 aliphatic heterocycles. The van der Waals surface area contributed by atoms with E-state index < -0.39 is 28.9 Å². The van der Waals surface area contributed by atoms with E-state index in [2.05, 4.69) is 10.6 Å². The zero-order valence-electron chi connectivity index (χ0n) is 25.8. The Bertz CT molecular complexity index is 1080. The number of hydrogen-bond donors (Lipinski definition) is 3. The number of rotatable bonds is 11. The number of carbonyl (C=O) groups is 3. The molecule has 0 radical (unpaired) electrons. The molecule has 2 rings (SSSR count). The highest BCUT2D eigenvalue weighted by molar-refractivity contribution is 5.91. The van der Waals surface area contributed by atoms with Gasteiger partial charge in [-0.1, -0.05) is 63.2 Å². The molecule has 0 fully saturated rings. The summed E-state index contributed by atoms with van der Waals surface area (Å²) in [6.45, 7) is 17.9. The first-order valence-electron chi connectivity index (χ1n) is 14.1. The van der Waals surface area contributed by atoms with Gasteiger partial charge in [0.05, 0.1) is 31.7 Å². The normalized spacial score (nSPS) is 13.2. The molecular formula is C32H50N2O6. The molecule has 2 atom stereocenters. The van der Waals surface area contributed by atoms with E-state index in [1.807, 2.05) is 84.0 Å². The van der Waals surface area contributed by atoms with E-state index in [4.69, 9.17) is 14.6 Å². The van der Waals surface area contributed by atoms with Crippen molar-refractivity contribution < 1.29 is 29.0 Å². The number of amides is 2. The summed E-state index contributed by atoms with van der Waals surface area (Å²) in [7, 11) is 0. The van der Waals surface area contributed by atoms with Crippen molar-refractivity contribution in [1.82, 2.24) is 10.6 Å². The van der Waals surface area contributed by atoms with Crippen LogP contribution in [0, 0.1) is 11.3 Å². The Hall–Kier alpha value is -2.97. The molecule has 8 nitrogen and oxygen atoms in total. The van der Waals surface area contributed by atoms with Crippen LogP contribution in [0.25, 0.3) is 10.8 Å². The minimum Gasteiger partial charge on any atom is -0.460 e. The highest BCUT2D eigenvalue weighted by Crippen LogP contribution is 2.23. The van der Waals surface area contributed by atoms with E-state index in [0.717, 1.165) is 16.3 Å². The van der Waals surface area contributed by atoms with Crippen LogP contribution in [0.4, 0.5) is 0 Å². The molecule has 0 saturated carbocycles. The van der Waals surface area contributed by atoms with Gasteiger partial charge in [-0.15, -0.1) is 0 Å². The summed E-state index contributed by atoms with van der Waals surface area (Å²) < 4.78 is 10.4. The first kappa shape index (κ1) is 35.1. The van der Waals surface area contributed by atoms with Gasteiger partial charge in [-0.25, -0.2) is 0 Å². The Balaban J connectivity index is 0.00000101. The van der Waals surface area contributed by atoms with Gasteiger partial charge in [-0.3, -0.25) is 14.4 Å². The van der Waals surface area contributed by atoms with Gasteiger partial charge in [0, 0.05) is 6.54 Å². The molecule has 2 aromatic rings. The number of esters is 1. The molecule has 0 heterocycles. The maximum absolute atomic E-state index is 13.4. The number of hydrogen-bond acceptors (Lipinski definition) is 6. The molecule has 1 unspecified atom stereocenters. The molecule has 0 bridgehead atoms. The van der Waals surface area contributed by atoms with Crippen LogP contribution in [0.3, 0.4) is 0 Å². The maximum Gasteiger partial charge on any atom is 0.307 e. The number of ether oxygens (including phenoxy) is 2. The van der Waals surface area contributed by atoms with Crippen molar-refractivity contribution in [2.45, 2.75) is 92.9 Å².